The maximum atomic E-state index is 13.2. The summed E-state index contributed by atoms with van der Waals surface area (Å²) < 4.78 is 26.4. The highest BCUT2D eigenvalue weighted by Crippen LogP contribution is 2.26. The Labute approximate surface area is 125 Å². The Kier molecular flexibility index (Phi) is 4.91. The molecule has 0 radical (unpaired) electrons. The highest BCUT2D eigenvalue weighted by Gasteiger charge is 2.16. The maximum absolute atomic E-state index is 13.2. The SMILES string of the molecule is CNC(Cc1cc(F)cc(F)c1)c1ncc(Cl)cc1Cl. The van der Waals surface area contributed by atoms with Gasteiger partial charge in [0.1, 0.15) is 11.6 Å². The molecule has 0 aliphatic heterocycles. The summed E-state index contributed by atoms with van der Waals surface area (Å²) in [6, 6.07) is 4.74. The van der Waals surface area contributed by atoms with Crippen molar-refractivity contribution in [3.8, 4) is 0 Å². The van der Waals surface area contributed by atoms with Gasteiger partial charge in [0.25, 0.3) is 0 Å². The van der Waals surface area contributed by atoms with Crippen LogP contribution in [-0.2, 0) is 6.42 Å². The van der Waals surface area contributed by atoms with E-state index in [-0.39, 0.29) is 6.04 Å². The number of aromatic nitrogens is 1. The quantitative estimate of drug-likeness (QED) is 0.915. The molecule has 2 aromatic rings. The molecule has 20 heavy (non-hydrogen) atoms. The molecule has 0 aliphatic rings. The lowest BCUT2D eigenvalue weighted by Crippen LogP contribution is -2.20. The highest BCUT2D eigenvalue weighted by molar-refractivity contribution is 6.34. The molecule has 0 aliphatic carbocycles. The monoisotopic (exact) mass is 316 g/mol. The van der Waals surface area contributed by atoms with Crippen molar-refractivity contribution in [2.24, 2.45) is 0 Å². The minimum atomic E-state index is -0.606. The predicted octanol–water partition coefficient (Wildman–Crippen LogP) is 4.17. The van der Waals surface area contributed by atoms with E-state index >= 15 is 0 Å². The van der Waals surface area contributed by atoms with Crippen LogP contribution in [0.4, 0.5) is 8.78 Å². The van der Waals surface area contributed by atoms with Crippen LogP contribution in [0.1, 0.15) is 17.3 Å². The molecular weight excluding hydrogens is 305 g/mol. The smallest absolute Gasteiger partial charge is 0.126 e. The molecule has 0 saturated carbocycles. The van der Waals surface area contributed by atoms with E-state index in [9.17, 15) is 8.78 Å². The van der Waals surface area contributed by atoms with Crippen LogP contribution in [0.5, 0.6) is 0 Å². The number of rotatable bonds is 4. The van der Waals surface area contributed by atoms with Crippen LogP contribution in [0.15, 0.2) is 30.5 Å². The van der Waals surface area contributed by atoms with Crippen LogP contribution >= 0.6 is 23.2 Å². The van der Waals surface area contributed by atoms with Crippen molar-refractivity contribution < 1.29 is 8.78 Å². The van der Waals surface area contributed by atoms with E-state index in [4.69, 9.17) is 23.2 Å². The van der Waals surface area contributed by atoms with Gasteiger partial charge >= 0.3 is 0 Å². The molecule has 1 heterocycles. The second kappa shape index (κ2) is 6.48. The number of hydrogen-bond acceptors (Lipinski definition) is 2. The summed E-state index contributed by atoms with van der Waals surface area (Å²) in [5.74, 6) is -1.21. The maximum Gasteiger partial charge on any atom is 0.126 e. The summed E-state index contributed by atoms with van der Waals surface area (Å²) in [5.41, 5.74) is 1.11. The van der Waals surface area contributed by atoms with Crippen LogP contribution in [0.2, 0.25) is 10.0 Å². The van der Waals surface area contributed by atoms with Crippen molar-refractivity contribution in [2.75, 3.05) is 7.05 Å². The number of benzene rings is 1. The van der Waals surface area contributed by atoms with Gasteiger partial charge in [-0.15, -0.1) is 0 Å². The molecule has 2 rings (SSSR count). The molecule has 0 bridgehead atoms. The fraction of sp³-hybridized carbons (Fsp3) is 0.214. The average molecular weight is 317 g/mol. The van der Waals surface area contributed by atoms with Crippen molar-refractivity contribution in [1.29, 1.82) is 0 Å². The molecule has 6 heteroatoms. The number of nitrogens with one attached hydrogen (secondary N) is 1. The van der Waals surface area contributed by atoms with Gasteiger partial charge in [-0.2, -0.15) is 0 Å². The zero-order valence-electron chi connectivity index (χ0n) is 10.6. The van der Waals surface area contributed by atoms with Crippen molar-refractivity contribution in [1.82, 2.24) is 10.3 Å². The lowest BCUT2D eigenvalue weighted by molar-refractivity contribution is 0.555. The van der Waals surface area contributed by atoms with Gasteiger partial charge in [-0.05, 0) is 37.2 Å². The third-order valence-electron chi connectivity index (χ3n) is 2.88. The number of pyridine rings is 1. The van der Waals surface area contributed by atoms with Gasteiger partial charge in [-0.25, -0.2) is 8.78 Å². The summed E-state index contributed by atoms with van der Waals surface area (Å²) in [5, 5.41) is 3.88. The minimum absolute atomic E-state index is 0.263. The molecule has 1 N–H and O–H groups in total. The van der Waals surface area contributed by atoms with Crippen LogP contribution in [0, 0.1) is 11.6 Å². The standard InChI is InChI=1S/C14H12Cl2F2N2/c1-19-13(14-12(16)5-9(15)7-20-14)4-8-2-10(17)6-11(18)3-8/h2-3,5-7,13,19H,4H2,1H3. The number of hydrogen-bond donors (Lipinski definition) is 1. The van der Waals surface area contributed by atoms with E-state index in [0.717, 1.165) is 6.07 Å². The zero-order valence-corrected chi connectivity index (χ0v) is 12.1. The molecule has 106 valence electrons. The molecule has 0 saturated heterocycles. The fourth-order valence-electron chi connectivity index (χ4n) is 1.98. The summed E-state index contributed by atoms with van der Waals surface area (Å²) in [7, 11) is 1.73. The Bertz CT molecular complexity index is 600. The third-order valence-corrected chi connectivity index (χ3v) is 3.39. The van der Waals surface area contributed by atoms with E-state index in [0.29, 0.717) is 27.7 Å². The molecule has 1 aromatic carbocycles. The summed E-state index contributed by atoms with van der Waals surface area (Å²) in [4.78, 5) is 4.18. The first kappa shape index (κ1) is 15.2. The van der Waals surface area contributed by atoms with Crippen molar-refractivity contribution in [3.05, 3.63) is 63.4 Å². The zero-order chi connectivity index (χ0) is 14.7. The topological polar surface area (TPSA) is 24.9 Å². The van der Waals surface area contributed by atoms with E-state index in [1.807, 2.05) is 0 Å². The van der Waals surface area contributed by atoms with Crippen molar-refractivity contribution in [2.45, 2.75) is 12.5 Å². The van der Waals surface area contributed by atoms with E-state index < -0.39 is 11.6 Å². The number of halogens is 4. The highest BCUT2D eigenvalue weighted by atomic mass is 35.5. The Hall–Kier alpha value is -1.23. The molecule has 1 atom stereocenters. The molecule has 0 amide bonds. The molecule has 0 spiro atoms. The predicted molar refractivity (Wildman–Crippen MR) is 76.1 cm³/mol. The first-order valence-electron chi connectivity index (χ1n) is 5.92. The van der Waals surface area contributed by atoms with Crippen molar-refractivity contribution in [3.63, 3.8) is 0 Å². The number of likely N-dealkylation sites (N-methyl/N-ethyl adjacent to an activating group) is 1. The van der Waals surface area contributed by atoms with Crippen LogP contribution < -0.4 is 5.32 Å². The lowest BCUT2D eigenvalue weighted by atomic mass is 10.0. The van der Waals surface area contributed by atoms with Gasteiger partial charge in [0.05, 0.1) is 21.8 Å². The van der Waals surface area contributed by atoms with Gasteiger partial charge in [-0.3, -0.25) is 4.98 Å². The third kappa shape index (κ3) is 3.66. The second-order valence-corrected chi connectivity index (χ2v) is 5.19. The van der Waals surface area contributed by atoms with Gasteiger partial charge < -0.3 is 5.32 Å². The molecule has 1 unspecified atom stereocenters. The second-order valence-electron chi connectivity index (χ2n) is 4.34. The molecule has 2 nitrogen and oxygen atoms in total. The van der Waals surface area contributed by atoms with Crippen LogP contribution in [-0.4, -0.2) is 12.0 Å². The van der Waals surface area contributed by atoms with Gasteiger partial charge in [-0.1, -0.05) is 23.2 Å². The molecule has 0 fully saturated rings. The van der Waals surface area contributed by atoms with Crippen molar-refractivity contribution >= 4 is 23.2 Å². The van der Waals surface area contributed by atoms with E-state index in [1.165, 1.54) is 18.3 Å². The van der Waals surface area contributed by atoms with Gasteiger partial charge in [0.15, 0.2) is 0 Å². The first-order chi connectivity index (χ1) is 9.49. The van der Waals surface area contributed by atoms with E-state index in [1.54, 1.807) is 13.1 Å². The Morgan fingerprint density at radius 2 is 1.80 bits per heavy atom. The van der Waals surface area contributed by atoms with Crippen LogP contribution in [0.25, 0.3) is 0 Å². The largest absolute Gasteiger partial charge is 0.311 e. The van der Waals surface area contributed by atoms with Gasteiger partial charge in [0.2, 0.25) is 0 Å². The summed E-state index contributed by atoms with van der Waals surface area (Å²) in [6.45, 7) is 0. The number of nitrogens with zero attached hydrogens (tertiary/aromatic N) is 1. The lowest BCUT2D eigenvalue weighted by Gasteiger charge is -2.17. The minimum Gasteiger partial charge on any atom is -0.311 e. The normalized spacial score (nSPS) is 12.4. The summed E-state index contributed by atoms with van der Waals surface area (Å²) >= 11 is 11.9. The Balaban J connectivity index is 2.28. The van der Waals surface area contributed by atoms with E-state index in [2.05, 4.69) is 10.3 Å². The van der Waals surface area contributed by atoms with Crippen LogP contribution in [0.3, 0.4) is 0 Å². The Morgan fingerprint density at radius 3 is 2.35 bits per heavy atom. The Morgan fingerprint density at radius 1 is 1.15 bits per heavy atom. The molecule has 1 aromatic heterocycles. The van der Waals surface area contributed by atoms with Gasteiger partial charge in [0, 0.05) is 12.3 Å². The summed E-state index contributed by atoms with van der Waals surface area (Å²) in [6.07, 6.45) is 1.85. The molecular formula is C14H12Cl2F2N2. The average Bonchev–Trinajstić information content (AvgIpc) is 2.35. The first-order valence-corrected chi connectivity index (χ1v) is 6.68. The fourth-order valence-corrected chi connectivity index (χ4v) is 2.49.